The lowest BCUT2D eigenvalue weighted by atomic mass is 10.3. The van der Waals surface area contributed by atoms with Crippen molar-refractivity contribution in [3.8, 4) is 11.5 Å². The van der Waals surface area contributed by atoms with Gasteiger partial charge >= 0.3 is 6.09 Å². The van der Waals surface area contributed by atoms with Crippen LogP contribution in [-0.2, 0) is 0 Å². The van der Waals surface area contributed by atoms with Gasteiger partial charge in [-0.1, -0.05) is 15.9 Å². The first-order valence-electron chi connectivity index (χ1n) is 3.44. The van der Waals surface area contributed by atoms with Crippen LogP contribution in [0.4, 0.5) is 4.79 Å². The molecule has 0 fully saturated rings. The lowest BCUT2D eigenvalue weighted by Crippen LogP contribution is -2.16. The normalized spacial score (nSPS) is 9.38. The Hall–Kier alpha value is -1.23. The van der Waals surface area contributed by atoms with Crippen molar-refractivity contribution >= 4 is 22.0 Å². The van der Waals surface area contributed by atoms with Crippen molar-refractivity contribution in [2.75, 3.05) is 7.11 Å². The van der Waals surface area contributed by atoms with E-state index in [1.54, 1.807) is 18.2 Å². The highest BCUT2D eigenvalue weighted by Gasteiger charge is 2.06. The molecule has 1 rings (SSSR count). The van der Waals surface area contributed by atoms with E-state index in [1.165, 1.54) is 7.11 Å². The number of primary amides is 1. The largest absolute Gasteiger partial charge is 0.493 e. The highest BCUT2D eigenvalue weighted by molar-refractivity contribution is 9.10. The molecule has 0 unspecified atom stereocenters. The van der Waals surface area contributed by atoms with Gasteiger partial charge in [0, 0.05) is 4.47 Å². The molecule has 4 nitrogen and oxygen atoms in total. The third kappa shape index (κ3) is 2.62. The van der Waals surface area contributed by atoms with Gasteiger partial charge in [-0.05, 0) is 18.2 Å². The molecule has 5 heteroatoms. The van der Waals surface area contributed by atoms with Gasteiger partial charge in [-0.2, -0.15) is 0 Å². The van der Waals surface area contributed by atoms with Gasteiger partial charge in [-0.25, -0.2) is 4.79 Å². The Morgan fingerprint density at radius 2 is 2.15 bits per heavy atom. The summed E-state index contributed by atoms with van der Waals surface area (Å²) in [4.78, 5) is 10.5. The molecule has 0 saturated carbocycles. The second-order valence-electron chi connectivity index (χ2n) is 2.22. The molecule has 1 amide bonds. The average Bonchev–Trinajstić information content (AvgIpc) is 2.07. The van der Waals surface area contributed by atoms with Gasteiger partial charge in [0.2, 0.25) is 0 Å². The molecular weight excluding hydrogens is 238 g/mol. The third-order valence-corrected chi connectivity index (χ3v) is 1.83. The minimum absolute atomic E-state index is 0.304. The van der Waals surface area contributed by atoms with Crippen LogP contribution in [0.25, 0.3) is 0 Å². The molecule has 70 valence electrons. The van der Waals surface area contributed by atoms with E-state index in [1.807, 2.05) is 0 Å². The second-order valence-corrected chi connectivity index (χ2v) is 3.13. The number of carbonyl (C=O) groups is 1. The van der Waals surface area contributed by atoms with Crippen LogP contribution < -0.4 is 15.2 Å². The number of hydrogen-bond donors (Lipinski definition) is 1. The van der Waals surface area contributed by atoms with Gasteiger partial charge in [0.05, 0.1) is 7.11 Å². The molecule has 0 aliphatic heterocycles. The standard InChI is InChI=1S/C8H8BrNO3/c1-12-7-4-5(9)2-3-6(7)13-8(10)11/h2-4H,1H3,(H2,10,11). The predicted molar refractivity (Wildman–Crippen MR) is 50.9 cm³/mol. The highest BCUT2D eigenvalue weighted by atomic mass is 79.9. The fraction of sp³-hybridized carbons (Fsp3) is 0.125. The first-order chi connectivity index (χ1) is 6.13. The molecule has 0 aromatic heterocycles. The quantitative estimate of drug-likeness (QED) is 0.866. The van der Waals surface area contributed by atoms with Crippen molar-refractivity contribution in [1.82, 2.24) is 0 Å². The van der Waals surface area contributed by atoms with Crippen molar-refractivity contribution in [3.63, 3.8) is 0 Å². The maximum absolute atomic E-state index is 10.5. The number of benzene rings is 1. The fourth-order valence-electron chi connectivity index (χ4n) is 0.834. The molecule has 1 aromatic carbocycles. The molecule has 0 aliphatic rings. The minimum atomic E-state index is -0.861. The van der Waals surface area contributed by atoms with Crippen molar-refractivity contribution in [3.05, 3.63) is 22.7 Å². The maximum atomic E-state index is 10.5. The van der Waals surface area contributed by atoms with E-state index < -0.39 is 6.09 Å². The smallest absolute Gasteiger partial charge is 0.410 e. The van der Waals surface area contributed by atoms with Gasteiger partial charge in [0.15, 0.2) is 11.5 Å². The summed E-state index contributed by atoms with van der Waals surface area (Å²) >= 11 is 3.25. The number of hydrogen-bond acceptors (Lipinski definition) is 3. The maximum Gasteiger partial charge on any atom is 0.410 e. The molecule has 0 spiro atoms. The lowest BCUT2D eigenvalue weighted by molar-refractivity contribution is 0.208. The highest BCUT2D eigenvalue weighted by Crippen LogP contribution is 2.29. The van der Waals surface area contributed by atoms with Gasteiger partial charge in [0.25, 0.3) is 0 Å². The average molecular weight is 246 g/mol. The number of nitrogens with two attached hydrogens (primary N) is 1. The zero-order chi connectivity index (χ0) is 9.84. The Morgan fingerprint density at radius 3 is 2.69 bits per heavy atom. The Kier molecular flexibility index (Phi) is 3.13. The van der Waals surface area contributed by atoms with E-state index in [9.17, 15) is 4.79 Å². The van der Waals surface area contributed by atoms with Crippen LogP contribution in [0.5, 0.6) is 11.5 Å². The number of halogens is 1. The summed E-state index contributed by atoms with van der Waals surface area (Å²) < 4.78 is 10.5. The second kappa shape index (κ2) is 4.13. The van der Waals surface area contributed by atoms with Crippen molar-refractivity contribution in [1.29, 1.82) is 0 Å². The van der Waals surface area contributed by atoms with Crippen molar-refractivity contribution < 1.29 is 14.3 Å². The summed E-state index contributed by atoms with van der Waals surface area (Å²) in [5, 5.41) is 0. The summed E-state index contributed by atoms with van der Waals surface area (Å²) in [6.07, 6.45) is -0.861. The Bertz CT molecular complexity index is 327. The minimum Gasteiger partial charge on any atom is -0.493 e. The predicted octanol–water partition coefficient (Wildman–Crippen LogP) is 1.92. The van der Waals surface area contributed by atoms with E-state index in [4.69, 9.17) is 10.5 Å². The number of rotatable bonds is 2. The summed E-state index contributed by atoms with van der Waals surface area (Å²) in [6, 6.07) is 4.99. The van der Waals surface area contributed by atoms with E-state index in [0.29, 0.717) is 11.5 Å². The van der Waals surface area contributed by atoms with Crippen LogP contribution in [0, 0.1) is 0 Å². The number of ether oxygens (including phenoxy) is 2. The van der Waals surface area contributed by atoms with Crippen LogP contribution in [-0.4, -0.2) is 13.2 Å². The van der Waals surface area contributed by atoms with E-state index in [0.717, 1.165) is 4.47 Å². The number of carbonyl (C=O) groups excluding carboxylic acids is 1. The molecule has 0 heterocycles. The van der Waals surface area contributed by atoms with Gasteiger partial charge in [-0.15, -0.1) is 0 Å². The third-order valence-electron chi connectivity index (χ3n) is 1.34. The number of amides is 1. The van der Waals surface area contributed by atoms with Crippen LogP contribution in [0.1, 0.15) is 0 Å². The molecule has 0 aliphatic carbocycles. The van der Waals surface area contributed by atoms with E-state index in [2.05, 4.69) is 20.7 Å². The number of methoxy groups -OCH3 is 1. The summed E-state index contributed by atoms with van der Waals surface area (Å²) in [6.45, 7) is 0. The first-order valence-corrected chi connectivity index (χ1v) is 4.23. The summed E-state index contributed by atoms with van der Waals surface area (Å²) in [7, 11) is 1.48. The summed E-state index contributed by atoms with van der Waals surface area (Å²) in [5.41, 5.74) is 4.86. The molecular formula is C8H8BrNO3. The van der Waals surface area contributed by atoms with E-state index >= 15 is 0 Å². The van der Waals surface area contributed by atoms with Gasteiger partial charge in [-0.3, -0.25) is 0 Å². The van der Waals surface area contributed by atoms with Crippen molar-refractivity contribution in [2.24, 2.45) is 5.73 Å². The molecule has 13 heavy (non-hydrogen) atoms. The lowest BCUT2D eigenvalue weighted by Gasteiger charge is -2.06. The Morgan fingerprint density at radius 1 is 1.46 bits per heavy atom. The van der Waals surface area contributed by atoms with Crippen LogP contribution >= 0.6 is 15.9 Å². The Labute approximate surface area is 83.8 Å². The first kappa shape index (κ1) is 9.85. The van der Waals surface area contributed by atoms with Gasteiger partial charge < -0.3 is 15.2 Å². The zero-order valence-corrected chi connectivity index (χ0v) is 8.50. The SMILES string of the molecule is COc1cc(Br)ccc1OC(N)=O. The van der Waals surface area contributed by atoms with E-state index in [-0.39, 0.29) is 0 Å². The Balaban J connectivity index is 2.99. The molecule has 2 N–H and O–H groups in total. The molecule has 1 aromatic rings. The van der Waals surface area contributed by atoms with Crippen molar-refractivity contribution in [2.45, 2.75) is 0 Å². The topological polar surface area (TPSA) is 61.6 Å². The molecule has 0 bridgehead atoms. The van der Waals surface area contributed by atoms with Gasteiger partial charge in [0.1, 0.15) is 0 Å². The zero-order valence-electron chi connectivity index (χ0n) is 6.91. The monoisotopic (exact) mass is 245 g/mol. The molecule has 0 atom stereocenters. The molecule has 0 saturated heterocycles. The molecule has 0 radical (unpaired) electrons. The van der Waals surface area contributed by atoms with Crippen LogP contribution in [0.15, 0.2) is 22.7 Å². The fourth-order valence-corrected chi connectivity index (χ4v) is 1.17. The summed E-state index contributed by atoms with van der Waals surface area (Å²) in [5.74, 6) is 0.756. The van der Waals surface area contributed by atoms with Crippen LogP contribution in [0.2, 0.25) is 0 Å². The van der Waals surface area contributed by atoms with Crippen LogP contribution in [0.3, 0.4) is 0 Å².